The number of ether oxygens (including phenoxy) is 1. The molecule has 0 aliphatic carbocycles. The fourth-order valence-electron chi connectivity index (χ4n) is 2.43. The smallest absolute Gasteiger partial charge is 0.341 e. The standard InChI is InChI=1S/C17H13FN2O4S/c1-2-24-17(21)15-11-5-3-4-6-14(11)25-16(15)19-12-9-10(18)7-8-13(12)20(22)23/h3-9,19H,2H2,1H3. The number of carbonyl (C=O) groups excluding carboxylic acids is 1. The number of anilines is 2. The van der Waals surface area contributed by atoms with Crippen molar-refractivity contribution in [2.45, 2.75) is 6.92 Å². The molecule has 0 amide bonds. The number of hydrogen-bond acceptors (Lipinski definition) is 6. The maximum Gasteiger partial charge on any atom is 0.341 e. The van der Waals surface area contributed by atoms with Crippen molar-refractivity contribution >= 4 is 43.8 Å². The first-order valence-corrected chi connectivity index (χ1v) is 8.22. The van der Waals surface area contributed by atoms with Crippen molar-refractivity contribution in [2.75, 3.05) is 11.9 Å². The van der Waals surface area contributed by atoms with Crippen LogP contribution in [-0.4, -0.2) is 17.5 Å². The minimum absolute atomic E-state index is 0.0258. The van der Waals surface area contributed by atoms with Crippen molar-refractivity contribution < 1.29 is 18.8 Å². The van der Waals surface area contributed by atoms with Crippen molar-refractivity contribution in [2.24, 2.45) is 0 Å². The third-order valence-corrected chi connectivity index (χ3v) is 4.56. The number of thiophene rings is 1. The third kappa shape index (κ3) is 3.29. The van der Waals surface area contributed by atoms with E-state index in [4.69, 9.17) is 4.74 Å². The molecule has 0 bridgehead atoms. The Labute approximate surface area is 146 Å². The van der Waals surface area contributed by atoms with Gasteiger partial charge < -0.3 is 10.1 Å². The summed E-state index contributed by atoms with van der Waals surface area (Å²) < 4.78 is 19.5. The summed E-state index contributed by atoms with van der Waals surface area (Å²) in [5, 5.41) is 15.0. The van der Waals surface area contributed by atoms with Gasteiger partial charge in [0.15, 0.2) is 0 Å². The number of nitro benzene ring substituents is 1. The van der Waals surface area contributed by atoms with Crippen molar-refractivity contribution in [1.29, 1.82) is 0 Å². The topological polar surface area (TPSA) is 81.5 Å². The van der Waals surface area contributed by atoms with E-state index in [0.717, 1.165) is 22.9 Å². The minimum Gasteiger partial charge on any atom is -0.462 e. The largest absolute Gasteiger partial charge is 0.462 e. The Balaban J connectivity index is 2.13. The Morgan fingerprint density at radius 2 is 2.08 bits per heavy atom. The Bertz CT molecular complexity index is 970. The Morgan fingerprint density at radius 1 is 1.32 bits per heavy atom. The van der Waals surface area contributed by atoms with E-state index in [1.54, 1.807) is 19.1 Å². The molecular formula is C17H13FN2O4S. The highest BCUT2D eigenvalue weighted by Gasteiger charge is 2.23. The molecular weight excluding hydrogens is 347 g/mol. The molecule has 0 saturated carbocycles. The molecule has 2 aromatic carbocycles. The van der Waals surface area contributed by atoms with Crippen LogP contribution in [0.25, 0.3) is 10.1 Å². The second kappa shape index (κ2) is 6.86. The van der Waals surface area contributed by atoms with E-state index in [9.17, 15) is 19.3 Å². The molecule has 1 aromatic heterocycles. The number of benzene rings is 2. The van der Waals surface area contributed by atoms with E-state index in [1.807, 2.05) is 12.1 Å². The van der Waals surface area contributed by atoms with E-state index in [-0.39, 0.29) is 23.5 Å². The number of nitrogens with zero attached hydrogens (tertiary/aromatic N) is 1. The lowest BCUT2D eigenvalue weighted by Gasteiger charge is -2.08. The Kier molecular flexibility index (Phi) is 4.62. The maximum absolute atomic E-state index is 13.5. The number of halogens is 1. The quantitative estimate of drug-likeness (QED) is 0.399. The number of nitrogens with one attached hydrogen (secondary N) is 1. The first kappa shape index (κ1) is 16.8. The van der Waals surface area contributed by atoms with Crippen LogP contribution >= 0.6 is 11.3 Å². The molecule has 0 atom stereocenters. The first-order valence-electron chi connectivity index (χ1n) is 7.41. The van der Waals surface area contributed by atoms with Crippen molar-refractivity contribution in [3.63, 3.8) is 0 Å². The summed E-state index contributed by atoms with van der Waals surface area (Å²) in [7, 11) is 0. The van der Waals surface area contributed by atoms with Crippen LogP contribution < -0.4 is 5.32 Å². The van der Waals surface area contributed by atoms with Crippen LogP contribution in [0, 0.1) is 15.9 Å². The van der Waals surface area contributed by atoms with Gasteiger partial charge in [-0.05, 0) is 19.1 Å². The minimum atomic E-state index is -0.619. The SMILES string of the molecule is CCOC(=O)c1c(Nc2cc(F)ccc2[N+](=O)[O-])sc2ccccc12. The fraction of sp³-hybridized carbons (Fsp3) is 0.118. The van der Waals surface area contributed by atoms with Gasteiger partial charge >= 0.3 is 5.97 Å². The molecule has 8 heteroatoms. The van der Waals surface area contributed by atoms with Gasteiger partial charge in [0.2, 0.25) is 0 Å². The molecule has 25 heavy (non-hydrogen) atoms. The molecule has 0 aliphatic rings. The van der Waals surface area contributed by atoms with Gasteiger partial charge in [0.05, 0.1) is 11.5 Å². The van der Waals surface area contributed by atoms with E-state index in [0.29, 0.717) is 10.4 Å². The molecule has 0 aliphatic heterocycles. The molecule has 3 aromatic rings. The van der Waals surface area contributed by atoms with Gasteiger partial charge in [-0.15, -0.1) is 11.3 Å². The molecule has 3 rings (SSSR count). The van der Waals surface area contributed by atoms with Gasteiger partial charge in [-0.3, -0.25) is 10.1 Å². The number of nitro groups is 1. The molecule has 0 radical (unpaired) electrons. The highest BCUT2D eigenvalue weighted by atomic mass is 32.1. The predicted molar refractivity (Wildman–Crippen MR) is 94.1 cm³/mol. The van der Waals surface area contributed by atoms with Crippen molar-refractivity contribution in [3.05, 3.63) is 64.0 Å². The predicted octanol–water partition coefficient (Wildman–Crippen LogP) is 4.87. The van der Waals surface area contributed by atoms with Crippen LogP contribution in [0.2, 0.25) is 0 Å². The van der Waals surface area contributed by atoms with Crippen LogP contribution in [-0.2, 0) is 4.74 Å². The van der Waals surface area contributed by atoms with Crippen LogP contribution in [0.15, 0.2) is 42.5 Å². The zero-order valence-electron chi connectivity index (χ0n) is 13.1. The Morgan fingerprint density at radius 3 is 2.80 bits per heavy atom. The number of carbonyl (C=O) groups is 1. The van der Waals surface area contributed by atoms with Crippen LogP contribution in [0.5, 0.6) is 0 Å². The summed E-state index contributed by atoms with van der Waals surface area (Å²) in [4.78, 5) is 22.9. The van der Waals surface area contributed by atoms with Crippen molar-refractivity contribution in [3.8, 4) is 0 Å². The molecule has 1 heterocycles. The summed E-state index contributed by atoms with van der Waals surface area (Å²) in [6, 6.07) is 10.3. The lowest BCUT2D eigenvalue weighted by Crippen LogP contribution is -2.07. The highest BCUT2D eigenvalue weighted by Crippen LogP contribution is 2.39. The molecule has 0 saturated heterocycles. The summed E-state index contributed by atoms with van der Waals surface area (Å²) in [6.07, 6.45) is 0. The van der Waals surface area contributed by atoms with Crippen molar-refractivity contribution in [1.82, 2.24) is 0 Å². The van der Waals surface area contributed by atoms with E-state index >= 15 is 0 Å². The zero-order valence-corrected chi connectivity index (χ0v) is 13.9. The van der Waals surface area contributed by atoms with Gasteiger partial charge in [-0.1, -0.05) is 18.2 Å². The summed E-state index contributed by atoms with van der Waals surface area (Å²) in [6.45, 7) is 1.89. The molecule has 128 valence electrons. The van der Waals surface area contributed by atoms with E-state index in [2.05, 4.69) is 5.32 Å². The molecule has 0 spiro atoms. The molecule has 6 nitrogen and oxygen atoms in total. The average molecular weight is 360 g/mol. The fourth-order valence-corrected chi connectivity index (χ4v) is 3.53. The normalized spacial score (nSPS) is 10.6. The number of esters is 1. The number of rotatable bonds is 5. The maximum atomic E-state index is 13.5. The molecule has 1 N–H and O–H groups in total. The second-order valence-electron chi connectivity index (χ2n) is 5.07. The van der Waals surface area contributed by atoms with Crippen LogP contribution in [0.4, 0.5) is 20.8 Å². The number of fused-ring (bicyclic) bond motifs is 1. The first-order chi connectivity index (χ1) is 12.0. The Hall–Kier alpha value is -3.00. The molecule has 0 fully saturated rings. The van der Waals surface area contributed by atoms with Gasteiger partial charge in [-0.2, -0.15) is 0 Å². The summed E-state index contributed by atoms with van der Waals surface area (Å²) in [5.41, 5.74) is -0.0308. The highest BCUT2D eigenvalue weighted by molar-refractivity contribution is 7.23. The van der Waals surface area contributed by atoms with Gasteiger partial charge in [0.25, 0.3) is 5.69 Å². The summed E-state index contributed by atoms with van der Waals surface area (Å²) >= 11 is 1.24. The average Bonchev–Trinajstić information content (AvgIpc) is 2.92. The zero-order chi connectivity index (χ0) is 18.0. The summed E-state index contributed by atoms with van der Waals surface area (Å²) in [5.74, 6) is -1.16. The van der Waals surface area contributed by atoms with Gasteiger partial charge in [0, 0.05) is 22.2 Å². The lowest BCUT2D eigenvalue weighted by atomic mass is 10.1. The molecule has 0 unspecified atom stereocenters. The number of hydrogen-bond donors (Lipinski definition) is 1. The third-order valence-electron chi connectivity index (χ3n) is 3.48. The van der Waals surface area contributed by atoms with Crippen LogP contribution in [0.3, 0.4) is 0 Å². The van der Waals surface area contributed by atoms with Gasteiger partial charge in [-0.25, -0.2) is 9.18 Å². The second-order valence-corrected chi connectivity index (χ2v) is 6.12. The van der Waals surface area contributed by atoms with Gasteiger partial charge in [0.1, 0.15) is 22.1 Å². The monoisotopic (exact) mass is 360 g/mol. The van der Waals surface area contributed by atoms with E-state index < -0.39 is 16.7 Å². The van der Waals surface area contributed by atoms with E-state index in [1.165, 1.54) is 11.3 Å². The van der Waals surface area contributed by atoms with Crippen LogP contribution in [0.1, 0.15) is 17.3 Å². The lowest BCUT2D eigenvalue weighted by molar-refractivity contribution is -0.384.